The van der Waals surface area contributed by atoms with Gasteiger partial charge in [-0.2, -0.15) is 0 Å². The minimum atomic E-state index is -0.949. The number of esters is 1. The third-order valence-electron chi connectivity index (χ3n) is 3.27. The molecule has 23 heavy (non-hydrogen) atoms. The zero-order valence-electron chi connectivity index (χ0n) is 12.3. The number of nitrogens with zero attached hydrogens (tertiary/aromatic N) is 1. The van der Waals surface area contributed by atoms with E-state index in [9.17, 15) is 14.4 Å². The standard InChI is InChI=1S/C15H15ClN2O4S/c1-3-11(19)17-8-12(20)22-14-13(18(23-2)15(14)21)9-6-4-5-7-10(9)16/h3-7,13-14H,1,8H2,2H3,(H,17,19). The van der Waals surface area contributed by atoms with E-state index in [1.54, 1.807) is 30.5 Å². The second-order valence-corrected chi connectivity index (χ2v) is 5.81. The number of β-lactam (4-membered cyclic amide) rings is 1. The lowest BCUT2D eigenvalue weighted by Crippen LogP contribution is -2.57. The molecule has 6 nitrogen and oxygen atoms in total. The summed E-state index contributed by atoms with van der Waals surface area (Å²) < 4.78 is 6.70. The van der Waals surface area contributed by atoms with Crippen LogP contribution in [0, 0.1) is 0 Å². The van der Waals surface area contributed by atoms with Gasteiger partial charge in [-0.3, -0.25) is 18.7 Å². The largest absolute Gasteiger partial charge is 0.448 e. The number of nitrogens with one attached hydrogen (secondary N) is 1. The number of hydrogen-bond donors (Lipinski definition) is 1. The molecule has 2 unspecified atom stereocenters. The van der Waals surface area contributed by atoms with Gasteiger partial charge in [0, 0.05) is 11.3 Å². The molecule has 122 valence electrons. The number of hydrogen-bond acceptors (Lipinski definition) is 5. The van der Waals surface area contributed by atoms with Crippen LogP contribution in [0.1, 0.15) is 11.6 Å². The van der Waals surface area contributed by atoms with Gasteiger partial charge in [0.05, 0.1) is 0 Å². The Hall–Kier alpha value is -1.99. The minimum Gasteiger partial charge on any atom is -0.448 e. The van der Waals surface area contributed by atoms with Crippen molar-refractivity contribution in [1.29, 1.82) is 0 Å². The maximum atomic E-state index is 12.1. The lowest BCUT2D eigenvalue weighted by Gasteiger charge is -2.44. The van der Waals surface area contributed by atoms with Crippen molar-refractivity contribution < 1.29 is 19.1 Å². The molecule has 1 N–H and O–H groups in total. The Morgan fingerprint density at radius 1 is 1.48 bits per heavy atom. The van der Waals surface area contributed by atoms with Crippen molar-refractivity contribution in [2.75, 3.05) is 12.8 Å². The first-order valence-electron chi connectivity index (χ1n) is 6.71. The molecule has 1 aromatic carbocycles. The first kappa shape index (κ1) is 17.4. The van der Waals surface area contributed by atoms with E-state index in [2.05, 4.69) is 11.9 Å². The van der Waals surface area contributed by atoms with Crippen LogP contribution < -0.4 is 5.32 Å². The maximum Gasteiger partial charge on any atom is 0.326 e. The van der Waals surface area contributed by atoms with Gasteiger partial charge in [0.25, 0.3) is 5.91 Å². The van der Waals surface area contributed by atoms with Gasteiger partial charge in [-0.15, -0.1) is 0 Å². The molecule has 0 spiro atoms. The van der Waals surface area contributed by atoms with Crippen LogP contribution in [-0.4, -0.2) is 41.0 Å². The highest BCUT2D eigenvalue weighted by Crippen LogP contribution is 2.43. The molecule has 1 aliphatic heterocycles. The van der Waals surface area contributed by atoms with E-state index < -0.39 is 24.0 Å². The van der Waals surface area contributed by atoms with Crippen LogP contribution in [0.2, 0.25) is 5.02 Å². The Kier molecular flexibility index (Phi) is 5.68. The molecule has 0 radical (unpaired) electrons. The number of ether oxygens (including phenoxy) is 1. The number of rotatable bonds is 6. The third kappa shape index (κ3) is 3.68. The highest BCUT2D eigenvalue weighted by molar-refractivity contribution is 7.96. The fraction of sp³-hybridized carbons (Fsp3) is 0.267. The van der Waals surface area contributed by atoms with Crippen molar-refractivity contribution in [2.24, 2.45) is 0 Å². The van der Waals surface area contributed by atoms with Crippen molar-refractivity contribution in [3.63, 3.8) is 0 Å². The lowest BCUT2D eigenvalue weighted by atomic mass is 9.93. The molecule has 1 heterocycles. The molecular formula is C15H15ClN2O4S. The SMILES string of the molecule is C=CC(=O)NCC(=O)OC1C(=O)N(SC)C1c1ccccc1Cl. The van der Waals surface area contributed by atoms with E-state index >= 15 is 0 Å². The summed E-state index contributed by atoms with van der Waals surface area (Å²) in [6.45, 7) is 2.95. The van der Waals surface area contributed by atoms with Crippen LogP contribution in [-0.2, 0) is 19.1 Å². The van der Waals surface area contributed by atoms with Gasteiger partial charge < -0.3 is 10.1 Å². The van der Waals surface area contributed by atoms with Crippen molar-refractivity contribution in [3.05, 3.63) is 47.5 Å². The molecule has 2 atom stereocenters. The van der Waals surface area contributed by atoms with Crippen molar-refractivity contribution in [2.45, 2.75) is 12.1 Å². The lowest BCUT2D eigenvalue weighted by molar-refractivity contribution is -0.174. The third-order valence-corrected chi connectivity index (χ3v) is 4.42. The molecule has 8 heteroatoms. The van der Waals surface area contributed by atoms with Crippen LogP contribution in [0.4, 0.5) is 0 Å². The molecule has 0 saturated carbocycles. The van der Waals surface area contributed by atoms with Gasteiger partial charge in [0.1, 0.15) is 12.6 Å². The summed E-state index contributed by atoms with van der Waals surface area (Å²) in [5.74, 6) is -1.50. The van der Waals surface area contributed by atoms with Gasteiger partial charge in [-0.05, 0) is 17.7 Å². The Morgan fingerprint density at radius 2 is 2.17 bits per heavy atom. The highest BCUT2D eigenvalue weighted by Gasteiger charge is 2.51. The van der Waals surface area contributed by atoms with Crippen LogP contribution in [0.15, 0.2) is 36.9 Å². The second-order valence-electron chi connectivity index (χ2n) is 4.65. The topological polar surface area (TPSA) is 75.7 Å². The van der Waals surface area contributed by atoms with E-state index in [0.717, 1.165) is 6.08 Å². The molecule has 0 aliphatic carbocycles. The monoisotopic (exact) mass is 354 g/mol. The highest BCUT2D eigenvalue weighted by atomic mass is 35.5. The van der Waals surface area contributed by atoms with Gasteiger partial charge >= 0.3 is 5.97 Å². The average molecular weight is 355 g/mol. The van der Waals surface area contributed by atoms with E-state index in [-0.39, 0.29) is 12.5 Å². The number of carbonyl (C=O) groups is 3. The number of halogens is 1. The van der Waals surface area contributed by atoms with E-state index in [1.807, 2.05) is 0 Å². The van der Waals surface area contributed by atoms with E-state index in [1.165, 1.54) is 16.3 Å². The van der Waals surface area contributed by atoms with Gasteiger partial charge in [0.15, 0.2) is 0 Å². The predicted octanol–water partition coefficient (Wildman–Crippen LogP) is 1.72. The maximum absolute atomic E-state index is 12.1. The summed E-state index contributed by atoms with van der Waals surface area (Å²) in [6.07, 6.45) is 1.85. The summed E-state index contributed by atoms with van der Waals surface area (Å²) in [4.78, 5) is 34.9. The van der Waals surface area contributed by atoms with Gasteiger partial charge in [-0.25, -0.2) is 0 Å². The van der Waals surface area contributed by atoms with Crippen molar-refractivity contribution in [3.8, 4) is 0 Å². The zero-order valence-corrected chi connectivity index (χ0v) is 13.9. The molecule has 1 fully saturated rings. The van der Waals surface area contributed by atoms with Crippen LogP contribution in [0.5, 0.6) is 0 Å². The quantitative estimate of drug-likeness (QED) is 0.364. The summed E-state index contributed by atoms with van der Waals surface area (Å²) in [6, 6.07) is 6.61. The molecule has 2 amide bonds. The Labute approximate surface area is 142 Å². The van der Waals surface area contributed by atoms with E-state index in [0.29, 0.717) is 10.6 Å². The number of benzene rings is 1. The number of carbonyl (C=O) groups excluding carboxylic acids is 3. The molecule has 0 bridgehead atoms. The molecule has 0 aromatic heterocycles. The Morgan fingerprint density at radius 3 is 2.78 bits per heavy atom. The summed E-state index contributed by atoms with van der Waals surface area (Å²) in [5.41, 5.74) is 0.705. The van der Waals surface area contributed by atoms with Gasteiger partial charge in [0.2, 0.25) is 12.0 Å². The van der Waals surface area contributed by atoms with Crippen molar-refractivity contribution in [1.82, 2.24) is 9.62 Å². The fourth-order valence-corrected chi connectivity index (χ4v) is 3.16. The van der Waals surface area contributed by atoms with Crippen molar-refractivity contribution >= 4 is 41.3 Å². The average Bonchev–Trinajstić information content (AvgIpc) is 2.56. The molecule has 1 saturated heterocycles. The smallest absolute Gasteiger partial charge is 0.326 e. The Bertz CT molecular complexity index is 652. The first-order chi connectivity index (χ1) is 11.0. The summed E-state index contributed by atoms with van der Waals surface area (Å²) >= 11 is 7.40. The van der Waals surface area contributed by atoms with Crippen LogP contribution in [0.3, 0.4) is 0 Å². The fourth-order valence-electron chi connectivity index (χ4n) is 2.18. The molecule has 2 rings (SSSR count). The first-order valence-corrected chi connectivity index (χ1v) is 8.27. The van der Waals surface area contributed by atoms with Crippen LogP contribution in [0.25, 0.3) is 0 Å². The van der Waals surface area contributed by atoms with Gasteiger partial charge in [-0.1, -0.05) is 48.3 Å². The molecular weight excluding hydrogens is 340 g/mol. The summed E-state index contributed by atoms with van der Waals surface area (Å²) in [7, 11) is 0. The molecule has 1 aromatic rings. The summed E-state index contributed by atoms with van der Waals surface area (Å²) in [5, 5.41) is 2.79. The predicted molar refractivity (Wildman–Crippen MR) is 87.6 cm³/mol. The zero-order chi connectivity index (χ0) is 17.0. The normalized spacial score (nSPS) is 19.7. The minimum absolute atomic E-state index is 0.314. The van der Waals surface area contributed by atoms with Crippen LogP contribution >= 0.6 is 23.5 Å². The molecule has 1 aliphatic rings. The number of amides is 2. The second kappa shape index (κ2) is 7.52. The van der Waals surface area contributed by atoms with E-state index in [4.69, 9.17) is 16.3 Å². The Balaban J connectivity index is 2.09.